The van der Waals surface area contributed by atoms with Crippen LogP contribution in [0.15, 0.2) is 18.2 Å². The third-order valence-electron chi connectivity index (χ3n) is 3.52. The van der Waals surface area contributed by atoms with Gasteiger partial charge in [-0.05, 0) is 24.1 Å². The molecule has 0 amide bonds. The van der Waals surface area contributed by atoms with Gasteiger partial charge in [-0.3, -0.25) is 4.90 Å². The molecule has 0 aromatic heterocycles. The van der Waals surface area contributed by atoms with E-state index in [0.717, 1.165) is 37.8 Å². The van der Waals surface area contributed by atoms with Gasteiger partial charge in [-0.2, -0.15) is 5.26 Å². The molecule has 0 unspecified atom stereocenters. The second kappa shape index (κ2) is 5.94. The van der Waals surface area contributed by atoms with Crippen molar-refractivity contribution in [3.8, 4) is 6.07 Å². The SMILES string of the molecule is CC(C)CN1CCN(c2ccc(C#N)c(N)c2)CC1. The molecule has 0 aliphatic carbocycles. The Balaban J connectivity index is 1.98. The van der Waals surface area contributed by atoms with Crippen LogP contribution in [0.1, 0.15) is 19.4 Å². The average molecular weight is 258 g/mol. The van der Waals surface area contributed by atoms with Gasteiger partial charge in [0.1, 0.15) is 6.07 Å². The minimum Gasteiger partial charge on any atom is -0.398 e. The average Bonchev–Trinajstić information content (AvgIpc) is 2.39. The minimum atomic E-state index is 0.558. The Hall–Kier alpha value is -1.73. The highest BCUT2D eigenvalue weighted by Gasteiger charge is 2.18. The van der Waals surface area contributed by atoms with Gasteiger partial charge in [-0.15, -0.1) is 0 Å². The van der Waals surface area contributed by atoms with E-state index in [9.17, 15) is 0 Å². The second-order valence-electron chi connectivity index (χ2n) is 5.56. The highest BCUT2D eigenvalue weighted by atomic mass is 15.3. The Kier molecular flexibility index (Phi) is 4.28. The number of benzene rings is 1. The lowest BCUT2D eigenvalue weighted by atomic mass is 10.1. The van der Waals surface area contributed by atoms with Gasteiger partial charge >= 0.3 is 0 Å². The highest BCUT2D eigenvalue weighted by molar-refractivity contribution is 5.63. The van der Waals surface area contributed by atoms with Crippen molar-refractivity contribution in [1.29, 1.82) is 5.26 Å². The number of nitrogens with two attached hydrogens (primary N) is 1. The van der Waals surface area contributed by atoms with E-state index in [1.54, 1.807) is 0 Å². The summed E-state index contributed by atoms with van der Waals surface area (Å²) in [4.78, 5) is 4.85. The van der Waals surface area contributed by atoms with Gasteiger partial charge in [0.05, 0.1) is 11.3 Å². The third kappa shape index (κ3) is 3.39. The van der Waals surface area contributed by atoms with Gasteiger partial charge in [0.25, 0.3) is 0 Å². The fourth-order valence-electron chi connectivity index (χ4n) is 2.55. The lowest BCUT2D eigenvalue weighted by Gasteiger charge is -2.37. The summed E-state index contributed by atoms with van der Waals surface area (Å²) in [5.74, 6) is 0.720. The van der Waals surface area contributed by atoms with E-state index < -0.39 is 0 Å². The molecule has 0 bridgehead atoms. The van der Waals surface area contributed by atoms with Crippen molar-refractivity contribution in [3.05, 3.63) is 23.8 Å². The Morgan fingerprint density at radius 2 is 1.95 bits per heavy atom. The smallest absolute Gasteiger partial charge is 0.101 e. The van der Waals surface area contributed by atoms with Crippen LogP contribution in [0.25, 0.3) is 0 Å². The lowest BCUT2D eigenvalue weighted by molar-refractivity contribution is 0.231. The zero-order valence-electron chi connectivity index (χ0n) is 11.8. The van der Waals surface area contributed by atoms with Crippen LogP contribution in [0.2, 0.25) is 0 Å². The number of anilines is 2. The van der Waals surface area contributed by atoms with Crippen LogP contribution in [-0.4, -0.2) is 37.6 Å². The molecule has 19 heavy (non-hydrogen) atoms. The molecule has 0 spiro atoms. The standard InChI is InChI=1S/C15H22N4/c1-12(2)11-18-5-7-19(8-6-18)14-4-3-13(10-16)15(17)9-14/h3-4,9,12H,5-8,11,17H2,1-2H3. The number of piperazine rings is 1. The van der Waals surface area contributed by atoms with Crippen LogP contribution in [0.5, 0.6) is 0 Å². The van der Waals surface area contributed by atoms with E-state index in [1.165, 1.54) is 6.54 Å². The summed E-state index contributed by atoms with van der Waals surface area (Å²) in [5, 5.41) is 8.89. The normalized spacial score (nSPS) is 16.6. The molecule has 1 fully saturated rings. The molecule has 1 aliphatic rings. The fraction of sp³-hybridized carbons (Fsp3) is 0.533. The first-order valence-electron chi connectivity index (χ1n) is 6.87. The molecule has 0 atom stereocenters. The Morgan fingerprint density at radius 3 is 2.47 bits per heavy atom. The topological polar surface area (TPSA) is 56.3 Å². The number of nitriles is 1. The summed E-state index contributed by atoms with van der Waals surface area (Å²) in [7, 11) is 0. The molecule has 0 saturated carbocycles. The summed E-state index contributed by atoms with van der Waals surface area (Å²) in [5.41, 5.74) is 8.13. The van der Waals surface area contributed by atoms with Crippen LogP contribution in [0, 0.1) is 17.2 Å². The van der Waals surface area contributed by atoms with Gasteiger partial charge in [0.15, 0.2) is 0 Å². The maximum atomic E-state index is 8.89. The molecule has 0 radical (unpaired) electrons. The molecule has 2 rings (SSSR count). The summed E-state index contributed by atoms with van der Waals surface area (Å²) in [6.45, 7) is 9.93. The first-order chi connectivity index (χ1) is 9.10. The Labute approximate surface area is 115 Å². The first-order valence-corrected chi connectivity index (χ1v) is 6.87. The van der Waals surface area contributed by atoms with E-state index in [-0.39, 0.29) is 0 Å². The number of rotatable bonds is 3. The molecule has 1 aliphatic heterocycles. The molecular formula is C15H22N4. The van der Waals surface area contributed by atoms with E-state index >= 15 is 0 Å². The zero-order chi connectivity index (χ0) is 13.8. The van der Waals surface area contributed by atoms with Crippen LogP contribution in [-0.2, 0) is 0 Å². The van der Waals surface area contributed by atoms with E-state index in [1.807, 2.05) is 18.2 Å². The van der Waals surface area contributed by atoms with E-state index in [4.69, 9.17) is 11.0 Å². The van der Waals surface area contributed by atoms with Crippen molar-refractivity contribution in [1.82, 2.24) is 4.90 Å². The third-order valence-corrected chi connectivity index (χ3v) is 3.52. The molecule has 1 saturated heterocycles. The van der Waals surface area contributed by atoms with Crippen LogP contribution in [0.4, 0.5) is 11.4 Å². The quantitative estimate of drug-likeness (QED) is 0.842. The largest absolute Gasteiger partial charge is 0.398 e. The monoisotopic (exact) mass is 258 g/mol. The van der Waals surface area contributed by atoms with Crippen molar-refractivity contribution in [3.63, 3.8) is 0 Å². The molecule has 1 heterocycles. The van der Waals surface area contributed by atoms with E-state index in [0.29, 0.717) is 11.3 Å². The Bertz CT molecular complexity index is 468. The number of hydrogen-bond donors (Lipinski definition) is 1. The van der Waals surface area contributed by atoms with E-state index in [2.05, 4.69) is 29.7 Å². The molecule has 4 heteroatoms. The second-order valence-corrected chi connectivity index (χ2v) is 5.56. The van der Waals surface area contributed by atoms with Crippen molar-refractivity contribution < 1.29 is 0 Å². The first kappa shape index (κ1) is 13.7. The van der Waals surface area contributed by atoms with Crippen molar-refractivity contribution in [2.24, 2.45) is 5.92 Å². The molecule has 1 aromatic rings. The fourth-order valence-corrected chi connectivity index (χ4v) is 2.55. The molecule has 1 aromatic carbocycles. The lowest BCUT2D eigenvalue weighted by Crippen LogP contribution is -2.47. The maximum Gasteiger partial charge on any atom is 0.101 e. The Morgan fingerprint density at radius 1 is 1.26 bits per heavy atom. The number of hydrogen-bond acceptors (Lipinski definition) is 4. The maximum absolute atomic E-state index is 8.89. The van der Waals surface area contributed by atoms with Crippen LogP contribution >= 0.6 is 0 Å². The summed E-state index contributed by atoms with van der Waals surface area (Å²) >= 11 is 0. The molecule has 4 nitrogen and oxygen atoms in total. The molecule has 102 valence electrons. The summed E-state index contributed by atoms with van der Waals surface area (Å²) in [6, 6.07) is 7.82. The molecular weight excluding hydrogens is 236 g/mol. The number of nitrogens with zero attached hydrogens (tertiary/aromatic N) is 3. The molecule has 2 N–H and O–H groups in total. The summed E-state index contributed by atoms with van der Waals surface area (Å²) in [6.07, 6.45) is 0. The van der Waals surface area contributed by atoms with Crippen molar-refractivity contribution in [2.45, 2.75) is 13.8 Å². The van der Waals surface area contributed by atoms with Crippen molar-refractivity contribution in [2.75, 3.05) is 43.4 Å². The van der Waals surface area contributed by atoms with Crippen LogP contribution < -0.4 is 10.6 Å². The van der Waals surface area contributed by atoms with Crippen molar-refractivity contribution >= 4 is 11.4 Å². The predicted octanol–water partition coefficient (Wildman–Crippen LogP) is 1.92. The number of nitrogen functional groups attached to an aromatic ring is 1. The van der Waals surface area contributed by atoms with Gasteiger partial charge < -0.3 is 10.6 Å². The van der Waals surface area contributed by atoms with Gasteiger partial charge in [0.2, 0.25) is 0 Å². The van der Waals surface area contributed by atoms with Gasteiger partial charge in [0, 0.05) is 38.4 Å². The minimum absolute atomic E-state index is 0.558. The van der Waals surface area contributed by atoms with Gasteiger partial charge in [-0.1, -0.05) is 13.8 Å². The predicted molar refractivity (Wildman–Crippen MR) is 79.1 cm³/mol. The van der Waals surface area contributed by atoms with Crippen LogP contribution in [0.3, 0.4) is 0 Å². The van der Waals surface area contributed by atoms with Gasteiger partial charge in [-0.25, -0.2) is 0 Å². The highest BCUT2D eigenvalue weighted by Crippen LogP contribution is 2.22. The summed E-state index contributed by atoms with van der Waals surface area (Å²) < 4.78 is 0. The zero-order valence-corrected chi connectivity index (χ0v) is 11.8.